The Morgan fingerprint density at radius 2 is 0.312 bits per heavy atom. The third-order valence-electron chi connectivity index (χ3n) is 3.86. The molecule has 0 nitrogen and oxygen atoms in total. The quantitative estimate of drug-likeness (QED) is 0.273. The number of hydrogen-bond donors (Lipinski definition) is 0. The van der Waals surface area contributed by atoms with Crippen LogP contribution in [0.4, 0.5) is 87.8 Å². The molecular weight excluding hydrogens is 524 g/mol. The van der Waals surface area contributed by atoms with Crippen molar-refractivity contribution in [1.82, 2.24) is 0 Å². The highest BCUT2D eigenvalue weighted by atomic mass is 19.4. The summed E-state index contributed by atoms with van der Waals surface area (Å²) < 4.78 is 260. The van der Waals surface area contributed by atoms with E-state index in [-0.39, 0.29) is 0 Å². The van der Waals surface area contributed by atoms with Crippen LogP contribution in [0, 0.1) is 0 Å². The maximum atomic E-state index is 13.3. The molecule has 0 atom stereocenters. The van der Waals surface area contributed by atoms with Crippen LogP contribution in [-0.4, -0.2) is 59.2 Å². The second-order valence-corrected chi connectivity index (χ2v) is 6.37. The zero-order valence-corrected chi connectivity index (χ0v) is 14.6. The van der Waals surface area contributed by atoms with Gasteiger partial charge in [-0.2, -0.15) is 87.8 Å². The van der Waals surface area contributed by atoms with E-state index in [4.69, 9.17) is 0 Å². The van der Waals surface area contributed by atoms with Gasteiger partial charge in [0.25, 0.3) is 0 Å². The highest BCUT2D eigenvalue weighted by Crippen LogP contribution is 2.65. The fourth-order valence-corrected chi connectivity index (χ4v) is 1.73. The van der Waals surface area contributed by atoms with Crippen LogP contribution in [0.25, 0.3) is 0 Å². The maximum Gasteiger partial charge on any atom is 0.385 e. The first kappa shape index (κ1) is 30.6. The standard InChI is InChI=1S/C12H6F20/c1-3(13,14)5(17,18)7(21,22)9(25,26)11(29,30)12(31,32)10(27,28)8(23,24)6(19,20)4(2,15)16/h1-2H3. The number of halogens is 20. The zero-order chi connectivity index (χ0) is 27.0. The largest absolute Gasteiger partial charge is 0.385 e. The average Bonchev–Trinajstić information content (AvgIpc) is 2.51. The monoisotopic (exact) mass is 530 g/mol. The minimum atomic E-state index is -8.95. The van der Waals surface area contributed by atoms with Crippen molar-refractivity contribution in [1.29, 1.82) is 0 Å². The predicted molar refractivity (Wildman–Crippen MR) is 60.8 cm³/mol. The molecule has 0 aliphatic rings. The molecule has 0 aromatic carbocycles. The Hall–Kier alpha value is -1.40. The first-order valence-electron chi connectivity index (χ1n) is 7.03. The van der Waals surface area contributed by atoms with E-state index >= 15 is 0 Å². The lowest BCUT2D eigenvalue weighted by molar-refractivity contribution is -0.467. The SMILES string of the molecule is CC(F)(F)C(F)(F)C(F)(F)C(F)(F)C(F)(F)C(F)(F)C(F)(F)C(F)(F)C(F)(F)C(C)(F)F. The van der Waals surface area contributed by atoms with Crippen molar-refractivity contribution in [3.63, 3.8) is 0 Å². The molecule has 20 heteroatoms. The lowest BCUT2D eigenvalue weighted by atomic mass is 9.86. The number of alkyl halides is 20. The summed E-state index contributed by atoms with van der Waals surface area (Å²) in [5.41, 5.74) is 0. The van der Waals surface area contributed by atoms with Gasteiger partial charge in [0, 0.05) is 13.8 Å². The summed E-state index contributed by atoms with van der Waals surface area (Å²) in [5, 5.41) is 0. The fraction of sp³-hybridized carbons (Fsp3) is 1.00. The average molecular weight is 530 g/mol. The molecule has 0 saturated heterocycles. The minimum Gasteiger partial charge on any atom is -0.200 e. The first-order chi connectivity index (χ1) is 13.2. The molecular formula is C12H6F20. The summed E-state index contributed by atoms with van der Waals surface area (Å²) in [5.74, 6) is -80.9. The molecule has 0 aliphatic heterocycles. The van der Waals surface area contributed by atoms with Gasteiger partial charge in [0.2, 0.25) is 0 Å². The molecule has 0 aromatic rings. The van der Waals surface area contributed by atoms with E-state index < -0.39 is 73.1 Å². The van der Waals surface area contributed by atoms with Crippen molar-refractivity contribution >= 4 is 0 Å². The van der Waals surface area contributed by atoms with E-state index in [1.807, 2.05) is 0 Å². The summed E-state index contributed by atoms with van der Waals surface area (Å²) in [4.78, 5) is 0. The molecule has 0 radical (unpaired) electrons. The van der Waals surface area contributed by atoms with E-state index in [2.05, 4.69) is 0 Å². The molecule has 0 N–H and O–H groups in total. The van der Waals surface area contributed by atoms with Gasteiger partial charge in [-0.05, 0) is 0 Å². The van der Waals surface area contributed by atoms with Gasteiger partial charge in [-0.1, -0.05) is 0 Å². The smallest absolute Gasteiger partial charge is 0.200 e. The van der Waals surface area contributed by atoms with Crippen LogP contribution < -0.4 is 0 Å². The highest BCUT2D eigenvalue weighted by Gasteiger charge is 2.97. The summed E-state index contributed by atoms with van der Waals surface area (Å²) in [6.07, 6.45) is 0. The predicted octanol–water partition coefficient (Wildman–Crippen LogP) is 7.38. The molecule has 32 heavy (non-hydrogen) atoms. The van der Waals surface area contributed by atoms with Crippen LogP contribution >= 0.6 is 0 Å². The van der Waals surface area contributed by atoms with Crippen molar-refractivity contribution in [3.8, 4) is 0 Å². The normalized spacial score (nSPS) is 17.1. The van der Waals surface area contributed by atoms with Gasteiger partial charge in [-0.3, -0.25) is 0 Å². The Morgan fingerprint density at radius 1 is 0.219 bits per heavy atom. The Balaban J connectivity index is 7.00. The number of hydrogen-bond acceptors (Lipinski definition) is 0. The van der Waals surface area contributed by atoms with Crippen LogP contribution in [0.1, 0.15) is 13.8 Å². The van der Waals surface area contributed by atoms with Gasteiger partial charge < -0.3 is 0 Å². The molecule has 0 unspecified atom stereocenters. The van der Waals surface area contributed by atoms with Crippen molar-refractivity contribution in [2.24, 2.45) is 0 Å². The molecule has 0 spiro atoms. The topological polar surface area (TPSA) is 0 Å². The summed E-state index contributed by atoms with van der Waals surface area (Å²) in [6, 6.07) is 0. The van der Waals surface area contributed by atoms with Crippen LogP contribution in [0.2, 0.25) is 0 Å². The summed E-state index contributed by atoms with van der Waals surface area (Å²) in [7, 11) is 0. The van der Waals surface area contributed by atoms with E-state index in [9.17, 15) is 87.8 Å². The van der Waals surface area contributed by atoms with E-state index in [0.29, 0.717) is 0 Å². The summed E-state index contributed by atoms with van der Waals surface area (Å²) >= 11 is 0. The third-order valence-corrected chi connectivity index (χ3v) is 3.86. The summed E-state index contributed by atoms with van der Waals surface area (Å²) in [6.45, 7) is -2.72. The Morgan fingerprint density at radius 3 is 0.406 bits per heavy atom. The Labute approximate surface area is 162 Å². The molecule has 0 heterocycles. The lowest BCUT2D eigenvalue weighted by Crippen LogP contribution is -2.76. The van der Waals surface area contributed by atoms with Crippen molar-refractivity contribution in [3.05, 3.63) is 0 Å². The Bertz CT molecular complexity index is 628. The molecule has 0 amide bonds. The van der Waals surface area contributed by atoms with E-state index in [0.717, 1.165) is 0 Å². The van der Waals surface area contributed by atoms with Crippen molar-refractivity contribution in [2.45, 2.75) is 73.1 Å². The van der Waals surface area contributed by atoms with Gasteiger partial charge >= 0.3 is 59.2 Å². The molecule has 0 bridgehead atoms. The third kappa shape index (κ3) is 3.44. The van der Waals surface area contributed by atoms with Crippen LogP contribution in [0.3, 0.4) is 0 Å². The lowest BCUT2D eigenvalue weighted by Gasteiger charge is -2.44. The molecule has 0 rings (SSSR count). The highest BCUT2D eigenvalue weighted by molar-refractivity contribution is 5.17. The van der Waals surface area contributed by atoms with E-state index in [1.54, 1.807) is 0 Å². The zero-order valence-electron chi connectivity index (χ0n) is 14.6. The second-order valence-electron chi connectivity index (χ2n) is 6.37. The fourth-order valence-electron chi connectivity index (χ4n) is 1.73. The van der Waals surface area contributed by atoms with E-state index in [1.165, 1.54) is 0 Å². The maximum absolute atomic E-state index is 13.3. The van der Waals surface area contributed by atoms with Crippen molar-refractivity contribution in [2.75, 3.05) is 0 Å². The van der Waals surface area contributed by atoms with Crippen molar-refractivity contribution < 1.29 is 87.8 Å². The van der Waals surface area contributed by atoms with Crippen LogP contribution in [0.5, 0.6) is 0 Å². The molecule has 194 valence electrons. The minimum absolute atomic E-state index is 1.36. The molecule has 0 saturated carbocycles. The van der Waals surface area contributed by atoms with Gasteiger partial charge in [0.05, 0.1) is 0 Å². The first-order valence-corrected chi connectivity index (χ1v) is 7.03. The van der Waals surface area contributed by atoms with Crippen LogP contribution in [0.15, 0.2) is 0 Å². The Kier molecular flexibility index (Phi) is 6.74. The van der Waals surface area contributed by atoms with Crippen LogP contribution in [-0.2, 0) is 0 Å². The van der Waals surface area contributed by atoms with Gasteiger partial charge in [-0.15, -0.1) is 0 Å². The van der Waals surface area contributed by atoms with Gasteiger partial charge in [0.15, 0.2) is 0 Å². The molecule has 0 aliphatic carbocycles. The number of rotatable bonds is 9. The second kappa shape index (κ2) is 7.05. The molecule has 0 aromatic heterocycles. The molecule has 0 fully saturated rings. The van der Waals surface area contributed by atoms with Gasteiger partial charge in [-0.25, -0.2) is 0 Å². The van der Waals surface area contributed by atoms with Gasteiger partial charge in [0.1, 0.15) is 0 Å².